The van der Waals surface area contributed by atoms with Crippen LogP contribution in [0.2, 0.25) is 0 Å². The molecule has 0 aliphatic carbocycles. The summed E-state index contributed by atoms with van der Waals surface area (Å²) in [6, 6.07) is 11.2. The first-order valence-electron chi connectivity index (χ1n) is 6.97. The first-order valence-corrected chi connectivity index (χ1v) is 6.97. The third-order valence-corrected chi connectivity index (χ3v) is 3.48. The van der Waals surface area contributed by atoms with Crippen molar-refractivity contribution in [2.75, 3.05) is 6.54 Å². The van der Waals surface area contributed by atoms with E-state index in [4.69, 9.17) is 0 Å². The number of hydrogen-bond donors (Lipinski definition) is 1. The second-order valence-electron chi connectivity index (χ2n) is 4.84. The van der Waals surface area contributed by atoms with Crippen molar-refractivity contribution >= 4 is 10.8 Å². The topological polar surface area (TPSA) is 37.8 Å². The van der Waals surface area contributed by atoms with Gasteiger partial charge in [-0.3, -0.25) is 9.97 Å². The fourth-order valence-electron chi connectivity index (χ4n) is 2.54. The molecule has 4 heteroatoms. The summed E-state index contributed by atoms with van der Waals surface area (Å²) in [6.07, 6.45) is 4.89. The van der Waals surface area contributed by atoms with Crippen molar-refractivity contribution in [3.8, 4) is 0 Å². The number of nitrogens with one attached hydrogen (secondary N) is 1. The van der Waals surface area contributed by atoms with Crippen LogP contribution in [0.5, 0.6) is 0 Å². The lowest BCUT2D eigenvalue weighted by Gasteiger charge is -2.19. The molecule has 0 saturated carbocycles. The Morgan fingerprint density at radius 3 is 2.81 bits per heavy atom. The van der Waals surface area contributed by atoms with E-state index in [1.165, 1.54) is 12.3 Å². The first-order chi connectivity index (χ1) is 10.3. The van der Waals surface area contributed by atoms with Crippen molar-refractivity contribution in [1.29, 1.82) is 0 Å². The number of hydrogen-bond acceptors (Lipinski definition) is 3. The summed E-state index contributed by atoms with van der Waals surface area (Å²) < 4.78 is 13.1. The van der Waals surface area contributed by atoms with E-state index < -0.39 is 0 Å². The molecular weight excluding hydrogens is 265 g/mol. The van der Waals surface area contributed by atoms with Gasteiger partial charge in [0.05, 0.1) is 17.9 Å². The smallest absolute Gasteiger partial charge is 0.141 e. The molecule has 0 spiro atoms. The Kier molecular flexibility index (Phi) is 3.88. The second-order valence-corrected chi connectivity index (χ2v) is 4.84. The zero-order chi connectivity index (χ0) is 14.7. The summed E-state index contributed by atoms with van der Waals surface area (Å²) in [4.78, 5) is 8.39. The maximum atomic E-state index is 13.1. The van der Waals surface area contributed by atoms with E-state index in [1.54, 1.807) is 12.3 Å². The van der Waals surface area contributed by atoms with Gasteiger partial charge in [-0.25, -0.2) is 4.39 Å². The van der Waals surface area contributed by atoms with Crippen molar-refractivity contribution in [3.05, 3.63) is 72.1 Å². The van der Waals surface area contributed by atoms with Gasteiger partial charge in [-0.05, 0) is 35.7 Å². The van der Waals surface area contributed by atoms with Crippen LogP contribution < -0.4 is 5.32 Å². The van der Waals surface area contributed by atoms with Crippen molar-refractivity contribution in [2.24, 2.45) is 0 Å². The van der Waals surface area contributed by atoms with Crippen molar-refractivity contribution < 1.29 is 4.39 Å². The Hall–Kier alpha value is -2.33. The van der Waals surface area contributed by atoms with E-state index in [0.717, 1.165) is 28.6 Å². The van der Waals surface area contributed by atoms with E-state index in [1.807, 2.05) is 31.3 Å². The molecule has 1 aromatic carbocycles. The molecule has 0 amide bonds. The highest BCUT2D eigenvalue weighted by molar-refractivity contribution is 5.85. The summed E-state index contributed by atoms with van der Waals surface area (Å²) in [6.45, 7) is 2.84. The van der Waals surface area contributed by atoms with Crippen LogP contribution in [0.25, 0.3) is 10.8 Å². The summed E-state index contributed by atoms with van der Waals surface area (Å²) in [7, 11) is 0. The molecule has 0 aliphatic rings. The largest absolute Gasteiger partial charge is 0.305 e. The van der Waals surface area contributed by atoms with Crippen LogP contribution in [0.4, 0.5) is 4.39 Å². The molecule has 0 radical (unpaired) electrons. The van der Waals surface area contributed by atoms with E-state index in [0.29, 0.717) is 0 Å². The summed E-state index contributed by atoms with van der Waals surface area (Å²) in [5, 5.41) is 5.63. The molecule has 3 aromatic rings. The molecule has 21 heavy (non-hydrogen) atoms. The third-order valence-electron chi connectivity index (χ3n) is 3.48. The van der Waals surface area contributed by atoms with Gasteiger partial charge in [-0.2, -0.15) is 0 Å². The van der Waals surface area contributed by atoms with Gasteiger partial charge in [0.15, 0.2) is 0 Å². The van der Waals surface area contributed by atoms with Crippen LogP contribution in [0, 0.1) is 5.82 Å². The normalized spacial score (nSPS) is 12.5. The van der Waals surface area contributed by atoms with Gasteiger partial charge in [0.2, 0.25) is 0 Å². The maximum Gasteiger partial charge on any atom is 0.141 e. The highest BCUT2D eigenvalue weighted by Crippen LogP contribution is 2.27. The average molecular weight is 281 g/mol. The number of fused-ring (bicyclic) bond motifs is 1. The molecule has 3 rings (SSSR count). The summed E-state index contributed by atoms with van der Waals surface area (Å²) in [5.74, 6) is -0.323. The number of rotatable bonds is 4. The Morgan fingerprint density at radius 1 is 1.14 bits per heavy atom. The summed E-state index contributed by atoms with van der Waals surface area (Å²) in [5.41, 5.74) is 1.93. The van der Waals surface area contributed by atoms with Crippen LogP contribution in [0.1, 0.15) is 24.2 Å². The lowest BCUT2D eigenvalue weighted by atomic mass is 9.97. The molecule has 2 heterocycles. The lowest BCUT2D eigenvalue weighted by Crippen LogP contribution is -2.23. The molecule has 0 bridgehead atoms. The number of aromatic nitrogens is 2. The Balaban J connectivity index is 2.13. The first kappa shape index (κ1) is 13.6. The van der Waals surface area contributed by atoms with Crippen molar-refractivity contribution in [1.82, 2.24) is 15.3 Å². The van der Waals surface area contributed by atoms with E-state index >= 15 is 0 Å². The van der Waals surface area contributed by atoms with Crippen molar-refractivity contribution in [3.63, 3.8) is 0 Å². The van der Waals surface area contributed by atoms with Crippen LogP contribution in [-0.2, 0) is 0 Å². The molecule has 106 valence electrons. The molecule has 0 fully saturated rings. The van der Waals surface area contributed by atoms with Crippen LogP contribution in [0.3, 0.4) is 0 Å². The zero-order valence-electron chi connectivity index (χ0n) is 11.8. The fourth-order valence-corrected chi connectivity index (χ4v) is 2.54. The molecule has 3 nitrogen and oxygen atoms in total. The highest BCUT2D eigenvalue weighted by atomic mass is 19.1. The zero-order valence-corrected chi connectivity index (χ0v) is 11.8. The van der Waals surface area contributed by atoms with E-state index in [9.17, 15) is 4.39 Å². The molecule has 0 saturated heterocycles. The molecule has 1 N–H and O–H groups in total. The highest BCUT2D eigenvalue weighted by Gasteiger charge is 2.16. The van der Waals surface area contributed by atoms with Crippen LogP contribution >= 0.6 is 0 Å². The van der Waals surface area contributed by atoms with Gasteiger partial charge in [0, 0.05) is 17.8 Å². The molecular formula is C17H16FN3. The summed E-state index contributed by atoms with van der Waals surface area (Å²) >= 11 is 0. The van der Waals surface area contributed by atoms with Crippen LogP contribution in [0.15, 0.2) is 55.0 Å². The minimum Gasteiger partial charge on any atom is -0.305 e. The van der Waals surface area contributed by atoms with E-state index in [-0.39, 0.29) is 11.9 Å². The quantitative estimate of drug-likeness (QED) is 0.795. The van der Waals surface area contributed by atoms with Gasteiger partial charge in [0.25, 0.3) is 0 Å². The van der Waals surface area contributed by atoms with Gasteiger partial charge in [0.1, 0.15) is 5.82 Å². The third kappa shape index (κ3) is 2.76. The SMILES string of the molecule is CCNC(c1ccc(F)cn1)c1cccc2cnccc12. The van der Waals surface area contributed by atoms with Gasteiger partial charge in [-0.1, -0.05) is 25.1 Å². The fraction of sp³-hybridized carbons (Fsp3) is 0.176. The van der Waals surface area contributed by atoms with Gasteiger partial charge < -0.3 is 5.32 Å². The lowest BCUT2D eigenvalue weighted by molar-refractivity contribution is 0.596. The number of pyridine rings is 2. The predicted molar refractivity (Wildman–Crippen MR) is 81.5 cm³/mol. The van der Waals surface area contributed by atoms with Crippen LogP contribution in [-0.4, -0.2) is 16.5 Å². The maximum absolute atomic E-state index is 13.1. The second kappa shape index (κ2) is 5.97. The molecule has 0 aliphatic heterocycles. The molecule has 2 aromatic heterocycles. The standard InChI is InChI=1S/C17H16FN3/c1-2-20-17(16-7-6-13(18)11-21-16)15-5-3-4-12-10-19-9-8-14(12)15/h3-11,17,20H,2H2,1H3. The number of benzene rings is 1. The Morgan fingerprint density at radius 2 is 2.05 bits per heavy atom. The van der Waals surface area contributed by atoms with Gasteiger partial charge >= 0.3 is 0 Å². The predicted octanol–water partition coefficient (Wildman–Crippen LogP) is 3.47. The molecule has 1 unspecified atom stereocenters. The minimum absolute atomic E-state index is 0.0679. The Labute approximate surface area is 122 Å². The Bertz CT molecular complexity index is 735. The van der Waals surface area contributed by atoms with E-state index in [2.05, 4.69) is 21.4 Å². The number of halogens is 1. The van der Waals surface area contributed by atoms with Crippen molar-refractivity contribution in [2.45, 2.75) is 13.0 Å². The van der Waals surface area contributed by atoms with Gasteiger partial charge in [-0.15, -0.1) is 0 Å². The average Bonchev–Trinajstić information content (AvgIpc) is 2.53. The monoisotopic (exact) mass is 281 g/mol. The minimum atomic E-state index is -0.323. The molecule has 1 atom stereocenters. The number of nitrogens with zero attached hydrogens (tertiary/aromatic N) is 2.